The Morgan fingerprint density at radius 2 is 1.96 bits per heavy atom. The van der Waals surface area contributed by atoms with E-state index in [-0.39, 0.29) is 5.91 Å². The molecule has 3 saturated carbocycles. The van der Waals surface area contributed by atoms with Crippen LogP contribution in [0.1, 0.15) is 55.1 Å². The van der Waals surface area contributed by atoms with Gasteiger partial charge in [-0.2, -0.15) is 0 Å². The van der Waals surface area contributed by atoms with Crippen molar-refractivity contribution in [3.63, 3.8) is 0 Å². The normalized spacial score (nSPS) is 32.4. The summed E-state index contributed by atoms with van der Waals surface area (Å²) in [6.07, 6.45) is 3.98. The Balaban J connectivity index is 1.29. The molecule has 1 N–H and O–H groups in total. The smallest absolute Gasteiger partial charge is 0.271 e. The Morgan fingerprint density at radius 1 is 1.22 bits per heavy atom. The minimum absolute atomic E-state index is 0.0304. The molecule has 3 aliphatic rings. The minimum atomic E-state index is -0.0304. The molecule has 4 nitrogen and oxygen atoms in total. The zero-order valence-electron chi connectivity index (χ0n) is 16.7. The van der Waals surface area contributed by atoms with E-state index in [0.29, 0.717) is 22.4 Å². The number of amides is 1. The minimum Gasteiger partial charge on any atom is -0.350 e. The lowest BCUT2D eigenvalue weighted by molar-refractivity contribution is 0.0936. The van der Waals surface area contributed by atoms with Gasteiger partial charge in [-0.25, -0.2) is 4.98 Å². The number of nitrogens with zero attached hydrogens (tertiary/aromatic N) is 2. The highest BCUT2D eigenvalue weighted by molar-refractivity contribution is 5.93. The van der Waals surface area contributed by atoms with Crippen LogP contribution in [0.4, 0.5) is 0 Å². The molecule has 142 valence electrons. The van der Waals surface area contributed by atoms with Crippen LogP contribution in [-0.4, -0.2) is 22.0 Å². The van der Waals surface area contributed by atoms with Crippen LogP contribution in [-0.2, 0) is 0 Å². The molecule has 0 saturated heterocycles. The maximum atomic E-state index is 12.9. The molecule has 1 heterocycles. The predicted octanol–water partition coefficient (Wildman–Crippen LogP) is 4.29. The van der Waals surface area contributed by atoms with E-state index in [1.54, 1.807) is 0 Å². The number of hydrogen-bond acceptors (Lipinski definition) is 2. The van der Waals surface area contributed by atoms with E-state index in [2.05, 4.69) is 28.7 Å². The number of benzene rings is 1. The van der Waals surface area contributed by atoms with Gasteiger partial charge in [0.1, 0.15) is 11.5 Å². The van der Waals surface area contributed by atoms with Gasteiger partial charge in [0.15, 0.2) is 0 Å². The lowest BCUT2D eigenvalue weighted by atomic mass is 9.89. The number of nitrogens with one attached hydrogen (secondary N) is 1. The summed E-state index contributed by atoms with van der Waals surface area (Å²) in [5, 5.41) is 3.21. The van der Waals surface area contributed by atoms with Gasteiger partial charge in [0.25, 0.3) is 5.91 Å². The van der Waals surface area contributed by atoms with Crippen molar-refractivity contribution in [1.29, 1.82) is 0 Å². The van der Waals surface area contributed by atoms with E-state index < -0.39 is 0 Å². The summed E-state index contributed by atoms with van der Waals surface area (Å²) in [5.74, 6) is 3.23. The molecule has 5 rings (SSSR count). The Hall–Kier alpha value is -2.10. The van der Waals surface area contributed by atoms with Crippen molar-refractivity contribution >= 4 is 5.91 Å². The zero-order valence-corrected chi connectivity index (χ0v) is 16.7. The lowest BCUT2D eigenvalue weighted by Crippen LogP contribution is -2.32. The Kier molecular flexibility index (Phi) is 3.45. The van der Waals surface area contributed by atoms with Gasteiger partial charge in [0.05, 0.1) is 5.69 Å². The summed E-state index contributed by atoms with van der Waals surface area (Å²) in [5.41, 5.74) is 3.68. The average Bonchev–Trinajstić information content (AvgIpc) is 3.47. The second-order valence-corrected chi connectivity index (χ2v) is 9.44. The molecule has 2 aromatic rings. The van der Waals surface area contributed by atoms with Gasteiger partial charge in [-0.15, -0.1) is 0 Å². The van der Waals surface area contributed by atoms with Crippen LogP contribution in [0.3, 0.4) is 0 Å². The number of carbonyl (C=O) groups excluding carboxylic acids is 1. The van der Waals surface area contributed by atoms with Crippen molar-refractivity contribution in [2.24, 2.45) is 28.6 Å². The van der Waals surface area contributed by atoms with Crippen LogP contribution in [0, 0.1) is 42.4 Å². The van der Waals surface area contributed by atoms with Gasteiger partial charge in [-0.05, 0) is 73.8 Å². The van der Waals surface area contributed by atoms with Gasteiger partial charge in [-0.3, -0.25) is 4.79 Å². The summed E-state index contributed by atoms with van der Waals surface area (Å²) in [4.78, 5) is 17.4. The average molecular weight is 364 g/mol. The van der Waals surface area contributed by atoms with Crippen LogP contribution in [0.5, 0.6) is 0 Å². The van der Waals surface area contributed by atoms with Crippen LogP contribution in [0.15, 0.2) is 30.3 Å². The van der Waals surface area contributed by atoms with Crippen LogP contribution in [0.2, 0.25) is 0 Å². The molecule has 1 spiro atoms. The fourth-order valence-corrected chi connectivity index (χ4v) is 6.60. The maximum absolute atomic E-state index is 12.9. The van der Waals surface area contributed by atoms with Crippen molar-refractivity contribution < 1.29 is 4.79 Å². The van der Waals surface area contributed by atoms with E-state index in [4.69, 9.17) is 0 Å². The lowest BCUT2D eigenvalue weighted by Gasteiger charge is -2.21. The summed E-state index contributed by atoms with van der Waals surface area (Å²) >= 11 is 0. The van der Waals surface area contributed by atoms with Crippen LogP contribution < -0.4 is 5.32 Å². The third-order valence-corrected chi connectivity index (χ3v) is 8.09. The molecule has 3 fully saturated rings. The Morgan fingerprint density at radius 3 is 2.70 bits per heavy atom. The highest BCUT2D eigenvalue weighted by atomic mass is 16.1. The number of rotatable bonds is 4. The van der Waals surface area contributed by atoms with E-state index in [1.807, 2.05) is 44.2 Å². The van der Waals surface area contributed by atoms with Crippen molar-refractivity contribution in [2.75, 3.05) is 6.54 Å². The molecule has 0 aliphatic heterocycles. The van der Waals surface area contributed by atoms with Crippen molar-refractivity contribution in [2.45, 2.75) is 47.0 Å². The second-order valence-electron chi connectivity index (χ2n) is 9.44. The summed E-state index contributed by atoms with van der Waals surface area (Å²) in [7, 11) is 0. The van der Waals surface area contributed by atoms with Gasteiger partial charge >= 0.3 is 0 Å². The third kappa shape index (κ3) is 2.22. The monoisotopic (exact) mass is 363 g/mol. The Bertz CT molecular complexity index is 913. The van der Waals surface area contributed by atoms with Crippen molar-refractivity contribution in [3.05, 3.63) is 47.5 Å². The van der Waals surface area contributed by atoms with Gasteiger partial charge < -0.3 is 9.88 Å². The fraction of sp³-hybridized carbons (Fsp3) is 0.565. The SMILES string of the molecule is Cc1nc(C(=O)NCC2CCC3C(C)(C)C34CC24)c(C)n1-c1ccccc1. The molecule has 0 bridgehead atoms. The largest absolute Gasteiger partial charge is 0.350 e. The van der Waals surface area contributed by atoms with E-state index in [9.17, 15) is 4.79 Å². The molecular formula is C23H29N3O. The van der Waals surface area contributed by atoms with Crippen molar-refractivity contribution in [3.8, 4) is 5.69 Å². The second kappa shape index (κ2) is 5.46. The number of hydrogen-bond donors (Lipinski definition) is 1. The van der Waals surface area contributed by atoms with Crippen LogP contribution in [0.25, 0.3) is 5.69 Å². The molecule has 1 amide bonds. The number of imidazole rings is 1. The topological polar surface area (TPSA) is 46.9 Å². The third-order valence-electron chi connectivity index (χ3n) is 8.09. The first-order chi connectivity index (χ1) is 12.9. The molecular weight excluding hydrogens is 334 g/mol. The highest BCUT2D eigenvalue weighted by Gasteiger charge is 2.84. The first kappa shape index (κ1) is 17.0. The quantitative estimate of drug-likeness (QED) is 0.881. The van der Waals surface area contributed by atoms with E-state index in [1.165, 1.54) is 19.3 Å². The molecule has 4 heteroatoms. The van der Waals surface area contributed by atoms with E-state index >= 15 is 0 Å². The number of aromatic nitrogens is 2. The van der Waals surface area contributed by atoms with Crippen LogP contribution >= 0.6 is 0 Å². The van der Waals surface area contributed by atoms with Gasteiger partial charge in [-0.1, -0.05) is 32.0 Å². The first-order valence-corrected chi connectivity index (χ1v) is 10.3. The van der Waals surface area contributed by atoms with E-state index in [0.717, 1.165) is 35.6 Å². The molecule has 3 aliphatic carbocycles. The number of carbonyl (C=O) groups is 1. The molecule has 1 aromatic carbocycles. The fourth-order valence-electron chi connectivity index (χ4n) is 6.60. The van der Waals surface area contributed by atoms with Gasteiger partial charge in [0, 0.05) is 12.2 Å². The predicted molar refractivity (Wildman–Crippen MR) is 106 cm³/mol. The molecule has 4 unspecified atom stereocenters. The van der Waals surface area contributed by atoms with Crippen molar-refractivity contribution in [1.82, 2.24) is 14.9 Å². The summed E-state index contributed by atoms with van der Waals surface area (Å²) < 4.78 is 2.06. The molecule has 1 aromatic heterocycles. The number of aryl methyl sites for hydroxylation is 1. The van der Waals surface area contributed by atoms with Gasteiger partial charge in [0.2, 0.25) is 0 Å². The Labute approximate surface area is 161 Å². The molecule has 4 atom stereocenters. The maximum Gasteiger partial charge on any atom is 0.271 e. The first-order valence-electron chi connectivity index (χ1n) is 10.3. The molecule has 27 heavy (non-hydrogen) atoms. The summed E-state index contributed by atoms with van der Waals surface area (Å²) in [6.45, 7) is 9.63. The molecule has 0 radical (unpaired) electrons. The highest BCUT2D eigenvalue weighted by Crippen LogP contribution is 2.89. The standard InChI is InChI=1S/C23H29N3O/c1-14-20(25-15(2)26(14)17-8-6-5-7-9-17)21(27)24-13-16-10-11-19-22(3,4)23(19)12-18(16)23/h5-9,16,18-19H,10-13H2,1-4H3,(H,24,27). The zero-order chi connectivity index (χ0) is 19.0. The summed E-state index contributed by atoms with van der Waals surface area (Å²) in [6, 6.07) is 10.1. The number of para-hydroxylation sites is 1.